The van der Waals surface area contributed by atoms with Crippen molar-refractivity contribution >= 4 is 23.1 Å². The highest BCUT2D eigenvalue weighted by molar-refractivity contribution is 7.80. The SMILES string of the molecule is COCC(C)(C)NC(=O)C(C)C(N)=S. The van der Waals surface area contributed by atoms with Crippen molar-refractivity contribution in [2.24, 2.45) is 11.7 Å². The topological polar surface area (TPSA) is 64.3 Å². The maximum absolute atomic E-state index is 11.5. The highest BCUT2D eigenvalue weighted by Crippen LogP contribution is 2.05. The molecule has 1 atom stereocenters. The van der Waals surface area contributed by atoms with E-state index in [4.69, 9.17) is 22.7 Å². The van der Waals surface area contributed by atoms with Crippen LogP contribution in [0.4, 0.5) is 0 Å². The first kappa shape index (κ1) is 13.3. The molecule has 5 heteroatoms. The third-order valence-corrected chi connectivity index (χ3v) is 2.14. The van der Waals surface area contributed by atoms with Crippen LogP contribution < -0.4 is 11.1 Å². The summed E-state index contributed by atoms with van der Waals surface area (Å²) < 4.78 is 4.97. The summed E-state index contributed by atoms with van der Waals surface area (Å²) in [6.07, 6.45) is 0. The Labute approximate surface area is 90.2 Å². The number of thiocarbonyl (C=S) groups is 1. The van der Waals surface area contributed by atoms with E-state index < -0.39 is 11.5 Å². The molecule has 0 spiro atoms. The lowest BCUT2D eigenvalue weighted by Crippen LogP contribution is -2.50. The van der Waals surface area contributed by atoms with E-state index in [1.165, 1.54) is 0 Å². The molecule has 0 aliphatic rings. The van der Waals surface area contributed by atoms with Crippen molar-refractivity contribution in [1.29, 1.82) is 0 Å². The van der Waals surface area contributed by atoms with Gasteiger partial charge in [-0.25, -0.2) is 0 Å². The normalized spacial score (nSPS) is 13.4. The number of hydrogen-bond acceptors (Lipinski definition) is 3. The average molecular weight is 218 g/mol. The largest absolute Gasteiger partial charge is 0.393 e. The van der Waals surface area contributed by atoms with Gasteiger partial charge in [-0.1, -0.05) is 12.2 Å². The quantitative estimate of drug-likeness (QED) is 0.658. The lowest BCUT2D eigenvalue weighted by Gasteiger charge is -2.26. The molecule has 0 aromatic carbocycles. The predicted molar refractivity (Wildman–Crippen MR) is 60.0 cm³/mol. The number of nitrogens with one attached hydrogen (secondary N) is 1. The number of carbonyl (C=O) groups is 1. The first-order chi connectivity index (χ1) is 6.30. The van der Waals surface area contributed by atoms with Gasteiger partial charge in [0.2, 0.25) is 5.91 Å². The molecule has 14 heavy (non-hydrogen) atoms. The fourth-order valence-electron chi connectivity index (χ4n) is 0.968. The van der Waals surface area contributed by atoms with Gasteiger partial charge in [0.15, 0.2) is 0 Å². The zero-order valence-corrected chi connectivity index (χ0v) is 9.90. The second-order valence-electron chi connectivity index (χ2n) is 3.93. The van der Waals surface area contributed by atoms with Crippen LogP contribution >= 0.6 is 12.2 Å². The third kappa shape index (κ3) is 4.53. The monoisotopic (exact) mass is 218 g/mol. The van der Waals surface area contributed by atoms with Crippen molar-refractivity contribution in [3.63, 3.8) is 0 Å². The van der Waals surface area contributed by atoms with E-state index in [2.05, 4.69) is 5.32 Å². The van der Waals surface area contributed by atoms with Gasteiger partial charge in [0, 0.05) is 7.11 Å². The van der Waals surface area contributed by atoms with E-state index >= 15 is 0 Å². The summed E-state index contributed by atoms with van der Waals surface area (Å²) in [6.45, 7) is 5.88. The second kappa shape index (κ2) is 5.26. The van der Waals surface area contributed by atoms with Crippen LogP contribution in [0.15, 0.2) is 0 Å². The lowest BCUT2D eigenvalue weighted by molar-refractivity contribution is -0.124. The summed E-state index contributed by atoms with van der Waals surface area (Å²) >= 11 is 4.73. The van der Waals surface area contributed by atoms with Gasteiger partial charge in [0.05, 0.1) is 23.1 Å². The molecule has 0 aromatic heterocycles. The van der Waals surface area contributed by atoms with E-state index in [0.29, 0.717) is 6.61 Å². The Balaban J connectivity index is 4.24. The molecule has 0 aromatic rings. The maximum atomic E-state index is 11.5. The minimum absolute atomic E-state index is 0.167. The number of rotatable bonds is 5. The van der Waals surface area contributed by atoms with Crippen LogP contribution in [0.3, 0.4) is 0 Å². The highest BCUT2D eigenvalue weighted by atomic mass is 32.1. The zero-order valence-electron chi connectivity index (χ0n) is 9.09. The Morgan fingerprint density at radius 1 is 1.64 bits per heavy atom. The molecule has 0 aliphatic heterocycles. The number of ether oxygens (including phenoxy) is 1. The van der Waals surface area contributed by atoms with Crippen molar-refractivity contribution in [2.75, 3.05) is 13.7 Å². The summed E-state index contributed by atoms with van der Waals surface area (Å²) in [6, 6.07) is 0. The number of methoxy groups -OCH3 is 1. The van der Waals surface area contributed by atoms with Crippen LogP contribution in [0.1, 0.15) is 20.8 Å². The molecule has 1 amide bonds. The molecular formula is C9H18N2O2S. The average Bonchev–Trinajstić information content (AvgIpc) is 2.01. The van der Waals surface area contributed by atoms with Crippen LogP contribution in [-0.4, -0.2) is 30.2 Å². The van der Waals surface area contributed by atoms with Crippen molar-refractivity contribution < 1.29 is 9.53 Å². The molecule has 0 bridgehead atoms. The van der Waals surface area contributed by atoms with Crippen LogP contribution in [0.25, 0.3) is 0 Å². The van der Waals surface area contributed by atoms with E-state index in [1.54, 1.807) is 14.0 Å². The van der Waals surface area contributed by atoms with Crippen molar-refractivity contribution in [1.82, 2.24) is 5.32 Å². The van der Waals surface area contributed by atoms with Crippen molar-refractivity contribution in [3.05, 3.63) is 0 Å². The van der Waals surface area contributed by atoms with E-state index in [1.807, 2.05) is 13.8 Å². The molecule has 0 saturated heterocycles. The van der Waals surface area contributed by atoms with Gasteiger partial charge in [-0.05, 0) is 20.8 Å². The Morgan fingerprint density at radius 2 is 2.14 bits per heavy atom. The Kier molecular flexibility index (Phi) is 5.01. The van der Waals surface area contributed by atoms with Gasteiger partial charge in [0.25, 0.3) is 0 Å². The molecule has 0 saturated carbocycles. The number of amides is 1. The molecule has 0 rings (SSSR count). The number of nitrogens with two attached hydrogens (primary N) is 1. The first-order valence-corrected chi connectivity index (χ1v) is 4.81. The summed E-state index contributed by atoms with van der Waals surface area (Å²) in [5.41, 5.74) is 4.97. The molecule has 3 N–H and O–H groups in total. The first-order valence-electron chi connectivity index (χ1n) is 4.40. The molecule has 82 valence electrons. The Bertz CT molecular complexity index is 229. The molecule has 0 aliphatic carbocycles. The summed E-state index contributed by atoms with van der Waals surface area (Å²) in [4.78, 5) is 11.7. The molecule has 0 heterocycles. The van der Waals surface area contributed by atoms with E-state index in [0.717, 1.165) is 0 Å². The van der Waals surface area contributed by atoms with Crippen LogP contribution in [0.2, 0.25) is 0 Å². The fourth-order valence-corrected chi connectivity index (χ4v) is 1.07. The third-order valence-electron chi connectivity index (χ3n) is 1.79. The lowest BCUT2D eigenvalue weighted by atomic mass is 10.0. The minimum Gasteiger partial charge on any atom is -0.393 e. The number of carbonyl (C=O) groups excluding carboxylic acids is 1. The van der Waals surface area contributed by atoms with Crippen LogP contribution in [0, 0.1) is 5.92 Å². The smallest absolute Gasteiger partial charge is 0.230 e. The molecule has 4 nitrogen and oxygen atoms in total. The van der Waals surface area contributed by atoms with Gasteiger partial charge in [-0.3, -0.25) is 4.79 Å². The van der Waals surface area contributed by atoms with Crippen LogP contribution in [0.5, 0.6) is 0 Å². The fraction of sp³-hybridized carbons (Fsp3) is 0.778. The maximum Gasteiger partial charge on any atom is 0.230 e. The molecule has 0 radical (unpaired) electrons. The van der Waals surface area contributed by atoms with Crippen molar-refractivity contribution in [3.8, 4) is 0 Å². The van der Waals surface area contributed by atoms with Crippen molar-refractivity contribution in [2.45, 2.75) is 26.3 Å². The predicted octanol–water partition coefficient (Wildman–Crippen LogP) is 0.450. The second-order valence-corrected chi connectivity index (χ2v) is 4.40. The highest BCUT2D eigenvalue weighted by Gasteiger charge is 2.24. The Morgan fingerprint density at radius 3 is 2.50 bits per heavy atom. The summed E-state index contributed by atoms with van der Waals surface area (Å²) in [7, 11) is 1.59. The van der Waals surface area contributed by atoms with Gasteiger partial charge in [0.1, 0.15) is 0 Å². The molecule has 1 unspecified atom stereocenters. The zero-order chi connectivity index (χ0) is 11.4. The summed E-state index contributed by atoms with van der Waals surface area (Å²) in [5, 5.41) is 2.81. The summed E-state index contributed by atoms with van der Waals surface area (Å²) in [5.74, 6) is -0.610. The molecular weight excluding hydrogens is 200 g/mol. The van der Waals surface area contributed by atoms with Gasteiger partial charge in [-0.2, -0.15) is 0 Å². The van der Waals surface area contributed by atoms with Gasteiger partial charge < -0.3 is 15.8 Å². The van der Waals surface area contributed by atoms with Gasteiger partial charge >= 0.3 is 0 Å². The van der Waals surface area contributed by atoms with E-state index in [9.17, 15) is 4.79 Å². The van der Waals surface area contributed by atoms with E-state index in [-0.39, 0.29) is 10.9 Å². The minimum atomic E-state index is -0.443. The molecule has 0 fully saturated rings. The number of hydrogen-bond donors (Lipinski definition) is 2. The van der Waals surface area contributed by atoms with Gasteiger partial charge in [-0.15, -0.1) is 0 Å². The Hall–Kier alpha value is -0.680. The standard InChI is InChI=1S/C9H18N2O2S/c1-6(7(10)14)8(12)11-9(2,3)5-13-4/h6H,5H2,1-4H3,(H2,10,14)(H,11,12). The van der Waals surface area contributed by atoms with Crippen LogP contribution in [-0.2, 0) is 9.53 Å².